The molecule has 0 aliphatic carbocycles. The fourth-order valence-electron chi connectivity index (χ4n) is 4.17. The van der Waals surface area contributed by atoms with E-state index in [1.165, 1.54) is 12.1 Å². The lowest BCUT2D eigenvalue weighted by Crippen LogP contribution is -2.49. The predicted molar refractivity (Wildman–Crippen MR) is 123 cm³/mol. The Kier molecular flexibility index (Phi) is 8.18. The number of hydrogen-bond donors (Lipinski definition) is 0. The molecule has 2 amide bonds. The van der Waals surface area contributed by atoms with E-state index < -0.39 is 0 Å². The number of nitrogens with zero attached hydrogens (tertiary/aromatic N) is 3. The van der Waals surface area contributed by atoms with Crippen LogP contribution in [0.5, 0.6) is 0 Å². The van der Waals surface area contributed by atoms with Gasteiger partial charge in [-0.05, 0) is 49.2 Å². The zero-order valence-corrected chi connectivity index (χ0v) is 18.5. The number of carbonyl (C=O) groups is 2. The van der Waals surface area contributed by atoms with E-state index in [0.717, 1.165) is 43.9 Å². The first-order chi connectivity index (χ1) is 15.0. The maximum absolute atomic E-state index is 13.3. The zero-order chi connectivity index (χ0) is 22.2. The van der Waals surface area contributed by atoms with Gasteiger partial charge in [0, 0.05) is 56.4 Å². The summed E-state index contributed by atoms with van der Waals surface area (Å²) >= 11 is 0. The Hall–Kier alpha value is -2.73. The Morgan fingerprint density at radius 1 is 0.903 bits per heavy atom. The first-order valence-corrected chi connectivity index (χ1v) is 11.2. The molecule has 2 aromatic rings. The minimum absolute atomic E-state index is 0.0638. The molecule has 2 aromatic carbocycles. The predicted octanol–water partition coefficient (Wildman–Crippen LogP) is 4.48. The fourth-order valence-corrected chi connectivity index (χ4v) is 4.17. The third kappa shape index (κ3) is 5.91. The molecule has 1 saturated heterocycles. The summed E-state index contributed by atoms with van der Waals surface area (Å²) < 4.78 is 13.3. The molecule has 31 heavy (non-hydrogen) atoms. The van der Waals surface area contributed by atoms with E-state index in [9.17, 15) is 14.0 Å². The van der Waals surface area contributed by atoms with E-state index in [1.54, 1.807) is 12.1 Å². The highest BCUT2D eigenvalue weighted by atomic mass is 19.1. The number of amides is 2. The van der Waals surface area contributed by atoms with E-state index in [0.29, 0.717) is 19.4 Å². The molecule has 1 fully saturated rings. The highest BCUT2D eigenvalue weighted by Gasteiger charge is 2.28. The van der Waals surface area contributed by atoms with Crippen molar-refractivity contribution < 1.29 is 14.0 Å². The lowest BCUT2D eigenvalue weighted by molar-refractivity contribution is -0.119. The fraction of sp³-hybridized carbons (Fsp3) is 0.440. The number of likely N-dealkylation sites (tertiary alicyclic amines) is 1. The number of carbonyl (C=O) groups excluding carboxylic acids is 2. The van der Waals surface area contributed by atoms with E-state index in [4.69, 9.17) is 0 Å². The second-order valence-electron chi connectivity index (χ2n) is 7.90. The van der Waals surface area contributed by atoms with Gasteiger partial charge in [-0.1, -0.05) is 32.0 Å². The summed E-state index contributed by atoms with van der Waals surface area (Å²) in [6.45, 7) is 6.92. The molecule has 0 bridgehead atoms. The highest BCUT2D eigenvalue weighted by molar-refractivity contribution is 5.94. The van der Waals surface area contributed by atoms with Gasteiger partial charge in [-0.2, -0.15) is 0 Å². The number of halogens is 1. The number of rotatable bonds is 8. The standard InChI is InChI=1S/C25H32FN3O2/c1-3-24(30)28(21-8-6-5-7-9-21)19-18-27-16-14-23(15-17-27)29(25(31)4-2)22-12-10-20(26)11-13-22/h5-13,23H,3-4,14-19H2,1-2H3. The molecule has 1 aliphatic heterocycles. The van der Waals surface area contributed by atoms with Crippen LogP contribution in [0.1, 0.15) is 39.5 Å². The molecule has 0 N–H and O–H groups in total. The highest BCUT2D eigenvalue weighted by Crippen LogP contribution is 2.25. The van der Waals surface area contributed by atoms with Gasteiger partial charge in [-0.25, -0.2) is 4.39 Å². The third-order valence-corrected chi connectivity index (χ3v) is 5.91. The first-order valence-electron chi connectivity index (χ1n) is 11.2. The average molecular weight is 426 g/mol. The van der Waals surface area contributed by atoms with Crippen molar-refractivity contribution in [3.05, 3.63) is 60.4 Å². The van der Waals surface area contributed by atoms with Crippen LogP contribution in [0.4, 0.5) is 15.8 Å². The molecule has 0 spiro atoms. The lowest BCUT2D eigenvalue weighted by atomic mass is 10.0. The van der Waals surface area contributed by atoms with Crippen LogP contribution in [0.3, 0.4) is 0 Å². The molecule has 0 unspecified atom stereocenters. The summed E-state index contributed by atoms with van der Waals surface area (Å²) in [7, 11) is 0. The summed E-state index contributed by atoms with van der Waals surface area (Å²) in [5.74, 6) is -0.113. The van der Waals surface area contributed by atoms with Crippen molar-refractivity contribution in [2.24, 2.45) is 0 Å². The number of anilines is 2. The summed E-state index contributed by atoms with van der Waals surface area (Å²) in [5, 5.41) is 0. The van der Waals surface area contributed by atoms with Crippen molar-refractivity contribution in [3.8, 4) is 0 Å². The molecule has 0 radical (unpaired) electrons. The van der Waals surface area contributed by atoms with Crippen LogP contribution >= 0.6 is 0 Å². The lowest BCUT2D eigenvalue weighted by Gasteiger charge is -2.39. The monoisotopic (exact) mass is 425 g/mol. The Bertz CT molecular complexity index is 849. The molecule has 0 aromatic heterocycles. The van der Waals surface area contributed by atoms with Crippen LogP contribution < -0.4 is 9.80 Å². The number of piperidine rings is 1. The molecule has 166 valence electrons. The SMILES string of the molecule is CCC(=O)N(CCN1CCC(N(C(=O)CC)c2ccc(F)cc2)CC1)c1ccccc1. The molecule has 0 atom stereocenters. The number of benzene rings is 2. The molecular weight excluding hydrogens is 393 g/mol. The van der Waals surface area contributed by atoms with Gasteiger partial charge in [0.25, 0.3) is 0 Å². The van der Waals surface area contributed by atoms with Crippen molar-refractivity contribution in [2.45, 2.75) is 45.6 Å². The van der Waals surface area contributed by atoms with Crippen LogP contribution in [0.25, 0.3) is 0 Å². The van der Waals surface area contributed by atoms with Crippen LogP contribution in [0.2, 0.25) is 0 Å². The van der Waals surface area contributed by atoms with Gasteiger partial charge in [-0.15, -0.1) is 0 Å². The van der Waals surface area contributed by atoms with Gasteiger partial charge in [0.05, 0.1) is 0 Å². The van der Waals surface area contributed by atoms with Crippen molar-refractivity contribution >= 4 is 23.2 Å². The quantitative estimate of drug-likeness (QED) is 0.627. The van der Waals surface area contributed by atoms with Crippen LogP contribution in [0, 0.1) is 5.82 Å². The maximum atomic E-state index is 13.3. The van der Waals surface area contributed by atoms with Crippen molar-refractivity contribution in [1.29, 1.82) is 0 Å². The van der Waals surface area contributed by atoms with Crippen molar-refractivity contribution in [3.63, 3.8) is 0 Å². The Morgan fingerprint density at radius 3 is 2.10 bits per heavy atom. The number of hydrogen-bond acceptors (Lipinski definition) is 3. The van der Waals surface area contributed by atoms with E-state index in [2.05, 4.69) is 4.90 Å². The second kappa shape index (κ2) is 11.0. The van der Waals surface area contributed by atoms with Crippen molar-refractivity contribution in [1.82, 2.24) is 4.90 Å². The Morgan fingerprint density at radius 2 is 1.52 bits per heavy atom. The zero-order valence-electron chi connectivity index (χ0n) is 18.5. The molecule has 3 rings (SSSR count). The van der Waals surface area contributed by atoms with E-state index in [-0.39, 0.29) is 23.7 Å². The van der Waals surface area contributed by atoms with Gasteiger partial charge in [0.1, 0.15) is 5.82 Å². The summed E-state index contributed by atoms with van der Waals surface area (Å²) in [5.41, 5.74) is 1.69. The molecule has 0 saturated carbocycles. The van der Waals surface area contributed by atoms with Gasteiger partial charge in [0.2, 0.25) is 11.8 Å². The van der Waals surface area contributed by atoms with Gasteiger partial charge in [-0.3, -0.25) is 9.59 Å². The molecule has 6 heteroatoms. The molecule has 5 nitrogen and oxygen atoms in total. The second-order valence-corrected chi connectivity index (χ2v) is 7.90. The minimum Gasteiger partial charge on any atom is -0.311 e. The Labute approximate surface area is 184 Å². The van der Waals surface area contributed by atoms with Crippen molar-refractivity contribution in [2.75, 3.05) is 36.0 Å². The maximum Gasteiger partial charge on any atom is 0.226 e. The van der Waals surface area contributed by atoms with Crippen LogP contribution in [-0.4, -0.2) is 48.9 Å². The van der Waals surface area contributed by atoms with Gasteiger partial charge < -0.3 is 14.7 Å². The first kappa shape index (κ1) is 22.9. The van der Waals surface area contributed by atoms with Gasteiger partial charge >= 0.3 is 0 Å². The smallest absolute Gasteiger partial charge is 0.226 e. The van der Waals surface area contributed by atoms with E-state index in [1.807, 2.05) is 54.0 Å². The third-order valence-electron chi connectivity index (χ3n) is 5.91. The summed E-state index contributed by atoms with van der Waals surface area (Å²) in [4.78, 5) is 31.1. The molecule has 1 heterocycles. The van der Waals surface area contributed by atoms with Crippen LogP contribution in [-0.2, 0) is 9.59 Å². The summed E-state index contributed by atoms with van der Waals surface area (Å²) in [6, 6.07) is 16.1. The molecular formula is C25H32FN3O2. The number of para-hydroxylation sites is 1. The average Bonchev–Trinajstić information content (AvgIpc) is 2.81. The Balaban J connectivity index is 1.60. The van der Waals surface area contributed by atoms with Gasteiger partial charge in [0.15, 0.2) is 0 Å². The summed E-state index contributed by atoms with van der Waals surface area (Å²) in [6.07, 6.45) is 2.61. The normalized spacial score (nSPS) is 14.9. The van der Waals surface area contributed by atoms with Crippen LogP contribution in [0.15, 0.2) is 54.6 Å². The topological polar surface area (TPSA) is 43.9 Å². The molecule has 1 aliphatic rings. The largest absolute Gasteiger partial charge is 0.311 e. The minimum atomic E-state index is -0.299. The van der Waals surface area contributed by atoms with E-state index >= 15 is 0 Å².